The molecule has 0 bridgehead atoms. The highest BCUT2D eigenvalue weighted by molar-refractivity contribution is 5.19. The van der Waals surface area contributed by atoms with Crippen LogP contribution in [0.3, 0.4) is 0 Å². The summed E-state index contributed by atoms with van der Waals surface area (Å²) in [5.74, 6) is 6.12. The second-order valence-corrected chi connectivity index (χ2v) is 12.2. The number of hydrogen-bond donors (Lipinski definition) is 0. The summed E-state index contributed by atoms with van der Waals surface area (Å²) in [5, 5.41) is 0. The van der Waals surface area contributed by atoms with Gasteiger partial charge in [-0.25, -0.2) is 0 Å². The maximum atomic E-state index is 2.37. The van der Waals surface area contributed by atoms with Crippen LogP contribution < -0.4 is 0 Å². The van der Waals surface area contributed by atoms with Gasteiger partial charge < -0.3 is 0 Å². The lowest BCUT2D eigenvalue weighted by atomic mass is 9.84. The molecule has 0 N–H and O–H groups in total. The fourth-order valence-corrected chi connectivity index (χ4v) is 4.92. The zero-order chi connectivity index (χ0) is 23.9. The molecule has 1 aromatic rings. The van der Waals surface area contributed by atoms with Gasteiger partial charge in [0.05, 0.1) is 0 Å². The van der Waals surface area contributed by atoms with Gasteiger partial charge in [0, 0.05) is 0 Å². The van der Waals surface area contributed by atoms with E-state index in [0.717, 1.165) is 35.5 Å². The van der Waals surface area contributed by atoms with Crippen LogP contribution in [0.4, 0.5) is 0 Å². The molecule has 0 heteroatoms. The van der Waals surface area contributed by atoms with Crippen molar-refractivity contribution in [2.75, 3.05) is 0 Å². The second-order valence-electron chi connectivity index (χ2n) is 12.2. The van der Waals surface area contributed by atoms with Crippen molar-refractivity contribution in [3.63, 3.8) is 0 Å². The zero-order valence-corrected chi connectivity index (χ0v) is 23.3. The van der Waals surface area contributed by atoms with Crippen molar-refractivity contribution in [1.29, 1.82) is 0 Å². The van der Waals surface area contributed by atoms with Gasteiger partial charge in [0.25, 0.3) is 0 Å². The molecule has 4 rings (SSSR count). The van der Waals surface area contributed by atoms with E-state index >= 15 is 0 Å². The van der Waals surface area contributed by atoms with Gasteiger partial charge in [-0.15, -0.1) is 0 Å². The van der Waals surface area contributed by atoms with Gasteiger partial charge in [-0.05, 0) is 49.4 Å². The smallest absolute Gasteiger partial charge is 0.0398 e. The highest BCUT2D eigenvalue weighted by Gasteiger charge is 2.14. The minimum Gasteiger partial charge on any atom is -0.0776 e. The normalized spacial score (nSPS) is 30.2. The number of benzene rings is 1. The fraction of sp³-hybridized carbons (Fsp3) is 0.824. The SMILES string of the molecule is C.C.CC1CCC(C)CC1.CC1CCC(C)CC1.CC1CCC(C)CC1.Cc1ccc(C)cc1. The highest BCUT2D eigenvalue weighted by Crippen LogP contribution is 2.28. The quantitative estimate of drug-likeness (QED) is 0.350. The number of hydrogen-bond acceptors (Lipinski definition) is 0. The predicted octanol–water partition coefficient (Wildman–Crippen LogP) is 12.1. The molecular formula is C34H66. The van der Waals surface area contributed by atoms with Gasteiger partial charge in [-0.1, -0.05) is 169 Å². The summed E-state index contributed by atoms with van der Waals surface area (Å²) in [6, 6.07) is 8.48. The van der Waals surface area contributed by atoms with Crippen LogP contribution in [0.1, 0.15) is 145 Å². The summed E-state index contributed by atoms with van der Waals surface area (Å²) < 4.78 is 0. The highest BCUT2D eigenvalue weighted by atomic mass is 14.2. The van der Waals surface area contributed by atoms with Crippen LogP contribution in [0.5, 0.6) is 0 Å². The first kappa shape index (κ1) is 35.4. The first-order valence-electron chi connectivity index (χ1n) is 14.2. The third-order valence-corrected chi connectivity index (χ3v) is 8.13. The van der Waals surface area contributed by atoms with E-state index in [1.54, 1.807) is 0 Å². The predicted molar refractivity (Wildman–Crippen MR) is 160 cm³/mol. The van der Waals surface area contributed by atoms with Gasteiger partial charge >= 0.3 is 0 Å². The number of rotatable bonds is 0. The monoisotopic (exact) mass is 475 g/mol. The lowest BCUT2D eigenvalue weighted by Gasteiger charge is -2.22. The van der Waals surface area contributed by atoms with Crippen molar-refractivity contribution < 1.29 is 0 Å². The summed E-state index contributed by atoms with van der Waals surface area (Å²) in [6.45, 7) is 18.4. The summed E-state index contributed by atoms with van der Waals surface area (Å²) in [4.78, 5) is 0. The molecule has 0 spiro atoms. The lowest BCUT2D eigenvalue weighted by molar-refractivity contribution is 0.308. The van der Waals surface area contributed by atoms with Crippen molar-refractivity contribution in [2.45, 2.75) is 147 Å². The standard InChI is InChI=1S/3C8H16.C8H10.2CH4/c4*1-7-3-5-8(2)6-4-7;;/h3*7-8H,3-6H2,1-2H3;3-6H,1-2H3;2*1H4. The van der Waals surface area contributed by atoms with E-state index in [2.05, 4.69) is 79.7 Å². The van der Waals surface area contributed by atoms with Crippen LogP contribution in [0, 0.1) is 49.4 Å². The average Bonchev–Trinajstić information content (AvgIpc) is 2.78. The minimum absolute atomic E-state index is 0. The Morgan fingerprint density at radius 3 is 0.588 bits per heavy atom. The maximum Gasteiger partial charge on any atom is -0.0398 e. The Kier molecular flexibility index (Phi) is 21.2. The van der Waals surface area contributed by atoms with Crippen LogP contribution >= 0.6 is 0 Å². The zero-order valence-electron chi connectivity index (χ0n) is 23.3. The molecule has 0 radical (unpaired) electrons. The van der Waals surface area contributed by atoms with Gasteiger partial charge in [-0.2, -0.15) is 0 Å². The van der Waals surface area contributed by atoms with E-state index in [4.69, 9.17) is 0 Å². The van der Waals surface area contributed by atoms with E-state index in [0.29, 0.717) is 0 Å². The molecule has 0 heterocycles. The minimum atomic E-state index is 0. The Morgan fingerprint density at radius 1 is 0.353 bits per heavy atom. The van der Waals surface area contributed by atoms with Gasteiger partial charge in [0.15, 0.2) is 0 Å². The molecule has 0 atom stereocenters. The van der Waals surface area contributed by atoms with Crippen molar-refractivity contribution in [3.8, 4) is 0 Å². The van der Waals surface area contributed by atoms with Crippen molar-refractivity contribution in [2.24, 2.45) is 35.5 Å². The second kappa shape index (κ2) is 20.4. The Labute approximate surface area is 218 Å². The molecule has 0 unspecified atom stereocenters. The van der Waals surface area contributed by atoms with E-state index in [9.17, 15) is 0 Å². The Bertz CT molecular complexity index is 433. The van der Waals surface area contributed by atoms with E-state index in [-0.39, 0.29) is 14.9 Å². The third kappa shape index (κ3) is 18.5. The number of aryl methyl sites for hydroxylation is 2. The Morgan fingerprint density at radius 2 is 0.471 bits per heavy atom. The van der Waals surface area contributed by atoms with Gasteiger partial charge in [-0.3, -0.25) is 0 Å². The molecular weight excluding hydrogens is 408 g/mol. The fourth-order valence-electron chi connectivity index (χ4n) is 4.92. The molecule has 0 nitrogen and oxygen atoms in total. The molecule has 3 aliphatic rings. The largest absolute Gasteiger partial charge is 0.0776 e. The molecule has 1 aromatic carbocycles. The van der Waals surface area contributed by atoms with Crippen LogP contribution in [0.15, 0.2) is 24.3 Å². The first-order valence-corrected chi connectivity index (χ1v) is 14.2. The molecule has 0 amide bonds. The van der Waals surface area contributed by atoms with Crippen LogP contribution in [-0.2, 0) is 0 Å². The van der Waals surface area contributed by atoms with E-state index in [1.807, 2.05) is 0 Å². The van der Waals surface area contributed by atoms with Crippen molar-refractivity contribution in [3.05, 3.63) is 35.4 Å². The molecule has 3 fully saturated rings. The Hall–Kier alpha value is -0.780. The van der Waals surface area contributed by atoms with Crippen LogP contribution in [0.25, 0.3) is 0 Å². The summed E-state index contributed by atoms with van der Waals surface area (Å²) in [6.07, 6.45) is 17.7. The van der Waals surface area contributed by atoms with E-state index in [1.165, 1.54) is 88.2 Å². The molecule has 34 heavy (non-hydrogen) atoms. The molecule has 3 saturated carbocycles. The summed E-state index contributed by atoms with van der Waals surface area (Å²) >= 11 is 0. The summed E-state index contributed by atoms with van der Waals surface area (Å²) in [5.41, 5.74) is 2.66. The van der Waals surface area contributed by atoms with Gasteiger partial charge in [0.2, 0.25) is 0 Å². The van der Waals surface area contributed by atoms with Gasteiger partial charge in [0.1, 0.15) is 0 Å². The molecule has 0 aromatic heterocycles. The molecule has 202 valence electrons. The molecule has 3 aliphatic carbocycles. The summed E-state index contributed by atoms with van der Waals surface area (Å²) in [7, 11) is 0. The molecule has 0 saturated heterocycles. The maximum absolute atomic E-state index is 2.37. The van der Waals surface area contributed by atoms with Crippen molar-refractivity contribution in [1.82, 2.24) is 0 Å². The third-order valence-electron chi connectivity index (χ3n) is 8.13. The average molecular weight is 475 g/mol. The first-order chi connectivity index (χ1) is 15.2. The Balaban J connectivity index is 0. The lowest BCUT2D eigenvalue weighted by Crippen LogP contribution is -2.08. The topological polar surface area (TPSA) is 0 Å². The van der Waals surface area contributed by atoms with E-state index < -0.39 is 0 Å². The van der Waals surface area contributed by atoms with Crippen LogP contribution in [0.2, 0.25) is 0 Å². The van der Waals surface area contributed by atoms with Crippen molar-refractivity contribution >= 4 is 0 Å². The molecule has 0 aliphatic heterocycles. The van der Waals surface area contributed by atoms with Crippen LogP contribution in [-0.4, -0.2) is 0 Å².